The number of hydrogen-bond donors (Lipinski definition) is 1. The average molecular weight is 311 g/mol. The van der Waals surface area contributed by atoms with E-state index < -0.39 is 5.97 Å². The van der Waals surface area contributed by atoms with Gasteiger partial charge in [-0.1, -0.05) is 24.3 Å². The first kappa shape index (κ1) is 14.0. The first-order chi connectivity index (χ1) is 11.1. The maximum Gasteiger partial charge on any atom is 0.338 e. The van der Waals surface area contributed by atoms with Crippen molar-refractivity contribution in [3.05, 3.63) is 53.3 Å². The number of carbonyl (C=O) groups is 2. The number of hydrogen-bond acceptors (Lipinski definition) is 3. The molecule has 2 fully saturated rings. The number of piperidine rings is 1. The van der Waals surface area contributed by atoms with Gasteiger partial charge in [0.25, 0.3) is 0 Å². The molecular formula is C17H17N3O3. The van der Waals surface area contributed by atoms with Crippen molar-refractivity contribution in [2.75, 3.05) is 6.54 Å². The van der Waals surface area contributed by atoms with Gasteiger partial charge in [0.15, 0.2) is 0 Å². The molecule has 2 aliphatic rings. The number of carbonyl (C=O) groups excluding carboxylic acids is 1. The summed E-state index contributed by atoms with van der Waals surface area (Å²) in [5.41, 5.74) is 2.35. The summed E-state index contributed by atoms with van der Waals surface area (Å²) in [6.07, 6.45) is 3.95. The van der Waals surface area contributed by atoms with E-state index in [0.717, 1.165) is 24.1 Å². The third-order valence-corrected chi connectivity index (χ3v) is 4.63. The lowest BCUT2D eigenvalue weighted by molar-refractivity contribution is -0.130. The van der Waals surface area contributed by atoms with E-state index in [9.17, 15) is 9.59 Å². The average Bonchev–Trinajstić information content (AvgIpc) is 3.02. The Labute approximate surface area is 133 Å². The molecule has 2 aromatic rings. The topological polar surface area (TPSA) is 75.4 Å². The molecule has 0 unspecified atom stereocenters. The van der Waals surface area contributed by atoms with Crippen LogP contribution in [0.15, 0.2) is 36.7 Å². The van der Waals surface area contributed by atoms with Gasteiger partial charge < -0.3 is 10.0 Å². The largest absolute Gasteiger partial charge is 0.478 e. The second-order valence-corrected chi connectivity index (χ2v) is 6.37. The van der Waals surface area contributed by atoms with Crippen LogP contribution < -0.4 is 0 Å². The summed E-state index contributed by atoms with van der Waals surface area (Å²) < 4.78 is 1.61. The highest BCUT2D eigenvalue weighted by atomic mass is 16.4. The Morgan fingerprint density at radius 1 is 1.22 bits per heavy atom. The van der Waals surface area contributed by atoms with Gasteiger partial charge in [-0.3, -0.25) is 9.48 Å². The van der Waals surface area contributed by atoms with Crippen LogP contribution in [-0.4, -0.2) is 38.2 Å². The summed E-state index contributed by atoms with van der Waals surface area (Å²) in [7, 11) is 0. The number of amides is 1. The van der Waals surface area contributed by atoms with Crippen molar-refractivity contribution in [2.24, 2.45) is 11.8 Å². The highest BCUT2D eigenvalue weighted by molar-refractivity contribution is 5.86. The number of aromatic carboxylic acids is 1. The monoisotopic (exact) mass is 311 g/mol. The van der Waals surface area contributed by atoms with Gasteiger partial charge in [0.1, 0.15) is 0 Å². The van der Waals surface area contributed by atoms with Gasteiger partial charge in [-0.05, 0) is 23.5 Å². The number of fused-ring (bicyclic) bond motifs is 1. The second-order valence-electron chi connectivity index (χ2n) is 6.37. The molecule has 1 aromatic carbocycles. The normalized spacial score (nSPS) is 22.3. The summed E-state index contributed by atoms with van der Waals surface area (Å²) in [4.78, 5) is 24.8. The fraction of sp³-hybridized carbons (Fsp3) is 0.353. The molecular weight excluding hydrogens is 294 g/mol. The summed E-state index contributed by atoms with van der Waals surface area (Å²) >= 11 is 0. The van der Waals surface area contributed by atoms with Crippen LogP contribution in [-0.2, 0) is 17.9 Å². The number of rotatable bonds is 5. The Morgan fingerprint density at radius 2 is 1.91 bits per heavy atom. The number of carboxylic acids is 1. The van der Waals surface area contributed by atoms with Crippen molar-refractivity contribution < 1.29 is 14.7 Å². The van der Waals surface area contributed by atoms with Gasteiger partial charge in [-0.15, -0.1) is 0 Å². The van der Waals surface area contributed by atoms with Crippen molar-refractivity contribution in [3.8, 4) is 0 Å². The first-order valence-corrected chi connectivity index (χ1v) is 7.72. The molecule has 1 aromatic heterocycles. The Balaban J connectivity index is 1.39. The molecule has 0 spiro atoms. The molecule has 1 amide bonds. The Kier molecular flexibility index (Phi) is 3.18. The van der Waals surface area contributed by atoms with Gasteiger partial charge in [-0.2, -0.15) is 5.10 Å². The minimum absolute atomic E-state index is 0.188. The molecule has 2 heterocycles. The number of aromatic nitrogens is 2. The molecule has 6 heteroatoms. The molecule has 1 saturated heterocycles. The van der Waals surface area contributed by atoms with Crippen molar-refractivity contribution in [1.29, 1.82) is 0 Å². The number of benzene rings is 1. The standard InChI is InChI=1S/C17H17N3O3/c21-16-15-5-13(15)9-19(16)7-11-1-3-12(4-2-11)8-20-10-14(6-18-20)17(22)23/h1-4,6,10,13,15H,5,7-9H2,(H,22,23)/t13-,15-/m1/s1. The Hall–Kier alpha value is -2.63. The van der Waals surface area contributed by atoms with Crippen LogP contribution in [0.3, 0.4) is 0 Å². The van der Waals surface area contributed by atoms with Crippen molar-refractivity contribution in [1.82, 2.24) is 14.7 Å². The van der Waals surface area contributed by atoms with Gasteiger partial charge in [0.2, 0.25) is 5.91 Å². The molecule has 0 bridgehead atoms. The minimum Gasteiger partial charge on any atom is -0.478 e. The van der Waals surface area contributed by atoms with E-state index in [1.54, 1.807) is 4.68 Å². The van der Waals surface area contributed by atoms with E-state index in [0.29, 0.717) is 30.8 Å². The number of nitrogens with zero attached hydrogens (tertiary/aromatic N) is 3. The van der Waals surface area contributed by atoms with Crippen LogP contribution in [0.25, 0.3) is 0 Å². The lowest BCUT2D eigenvalue weighted by Gasteiger charge is -2.18. The van der Waals surface area contributed by atoms with E-state index in [2.05, 4.69) is 5.10 Å². The molecule has 6 nitrogen and oxygen atoms in total. The van der Waals surface area contributed by atoms with Crippen LogP contribution in [0, 0.1) is 11.8 Å². The summed E-state index contributed by atoms with van der Waals surface area (Å²) in [6.45, 7) is 2.11. The first-order valence-electron chi connectivity index (χ1n) is 7.72. The molecule has 1 N–H and O–H groups in total. The van der Waals surface area contributed by atoms with E-state index in [-0.39, 0.29) is 5.56 Å². The van der Waals surface area contributed by atoms with Crippen molar-refractivity contribution in [3.63, 3.8) is 0 Å². The molecule has 1 saturated carbocycles. The molecule has 1 aliphatic heterocycles. The third-order valence-electron chi connectivity index (χ3n) is 4.63. The van der Waals surface area contributed by atoms with Gasteiger partial charge in [0, 0.05) is 25.2 Å². The molecule has 4 rings (SSSR count). The molecule has 1 aliphatic carbocycles. The summed E-state index contributed by atoms with van der Waals surface area (Å²) in [6, 6.07) is 8.04. The van der Waals surface area contributed by atoms with Gasteiger partial charge in [0.05, 0.1) is 18.3 Å². The van der Waals surface area contributed by atoms with Crippen LogP contribution in [0.5, 0.6) is 0 Å². The van der Waals surface area contributed by atoms with Crippen LogP contribution in [0.2, 0.25) is 0 Å². The quantitative estimate of drug-likeness (QED) is 0.910. The summed E-state index contributed by atoms with van der Waals surface area (Å²) in [5.74, 6) is 0.235. The molecule has 23 heavy (non-hydrogen) atoms. The maximum absolute atomic E-state index is 12.0. The van der Waals surface area contributed by atoms with Crippen LogP contribution >= 0.6 is 0 Å². The molecule has 0 radical (unpaired) electrons. The predicted molar refractivity (Wildman–Crippen MR) is 81.7 cm³/mol. The van der Waals surface area contributed by atoms with Crippen molar-refractivity contribution in [2.45, 2.75) is 19.5 Å². The zero-order chi connectivity index (χ0) is 16.0. The van der Waals surface area contributed by atoms with E-state index in [4.69, 9.17) is 5.11 Å². The molecule has 118 valence electrons. The van der Waals surface area contributed by atoms with E-state index in [1.165, 1.54) is 12.4 Å². The summed E-state index contributed by atoms with van der Waals surface area (Å²) in [5, 5.41) is 12.9. The predicted octanol–water partition coefficient (Wildman–Crippen LogP) is 1.61. The highest BCUT2D eigenvalue weighted by Gasteiger charge is 2.51. The highest BCUT2D eigenvalue weighted by Crippen LogP contribution is 2.46. The molecule has 2 atom stereocenters. The fourth-order valence-corrected chi connectivity index (χ4v) is 3.22. The van der Waals surface area contributed by atoms with Crippen LogP contribution in [0.4, 0.5) is 0 Å². The zero-order valence-corrected chi connectivity index (χ0v) is 12.6. The fourth-order valence-electron chi connectivity index (χ4n) is 3.22. The van der Waals surface area contributed by atoms with Crippen molar-refractivity contribution >= 4 is 11.9 Å². The number of likely N-dealkylation sites (tertiary alicyclic amines) is 1. The van der Waals surface area contributed by atoms with Crippen LogP contribution in [0.1, 0.15) is 27.9 Å². The van der Waals surface area contributed by atoms with E-state index in [1.807, 2.05) is 29.2 Å². The lowest BCUT2D eigenvalue weighted by atomic mass is 10.1. The lowest BCUT2D eigenvalue weighted by Crippen LogP contribution is -2.27. The third kappa shape index (κ3) is 2.72. The number of carboxylic acid groups (broad SMARTS) is 1. The zero-order valence-electron chi connectivity index (χ0n) is 12.6. The van der Waals surface area contributed by atoms with Gasteiger partial charge >= 0.3 is 5.97 Å². The maximum atomic E-state index is 12.0. The Morgan fingerprint density at radius 3 is 2.48 bits per heavy atom. The van der Waals surface area contributed by atoms with E-state index >= 15 is 0 Å². The minimum atomic E-state index is -0.972. The second kappa shape index (κ2) is 5.22. The Bertz CT molecular complexity index is 766. The van der Waals surface area contributed by atoms with Gasteiger partial charge in [-0.25, -0.2) is 4.79 Å². The SMILES string of the molecule is O=C(O)c1cnn(Cc2ccc(CN3C[C@H]4C[C@H]4C3=O)cc2)c1. The smallest absolute Gasteiger partial charge is 0.338 e.